The molecule has 4 amide bonds. The third kappa shape index (κ3) is 4.44. The molecule has 1 fully saturated rings. The van der Waals surface area contributed by atoms with E-state index in [2.05, 4.69) is 16.7 Å². The highest BCUT2D eigenvalue weighted by atomic mass is 16.2. The summed E-state index contributed by atoms with van der Waals surface area (Å²) in [4.78, 5) is 42.4. The SMILES string of the molecule is CC(C)N(C(=O)CN1C(=O)NC2(CCc3ccccc3C2)C1=O)c1ccc(Nc2ccccc2)cc1. The highest BCUT2D eigenvalue weighted by molar-refractivity contribution is 6.10. The van der Waals surface area contributed by atoms with Crippen molar-refractivity contribution in [2.45, 2.75) is 44.7 Å². The van der Waals surface area contributed by atoms with E-state index >= 15 is 0 Å². The van der Waals surface area contributed by atoms with E-state index in [-0.39, 0.29) is 24.4 Å². The number of carbonyl (C=O) groups is 3. The molecule has 1 heterocycles. The number of fused-ring (bicyclic) bond motifs is 1. The van der Waals surface area contributed by atoms with E-state index in [0.717, 1.165) is 21.8 Å². The molecular formula is C29H30N4O3. The average molecular weight is 483 g/mol. The molecule has 1 spiro atoms. The molecule has 2 aliphatic rings. The van der Waals surface area contributed by atoms with Gasteiger partial charge < -0.3 is 15.5 Å². The Kier molecular flexibility index (Phi) is 6.22. The summed E-state index contributed by atoms with van der Waals surface area (Å²) >= 11 is 0. The Hall–Kier alpha value is -4.13. The van der Waals surface area contributed by atoms with Gasteiger partial charge in [-0.15, -0.1) is 0 Å². The second kappa shape index (κ2) is 9.49. The number of hydrogen-bond acceptors (Lipinski definition) is 4. The number of amides is 4. The van der Waals surface area contributed by atoms with Crippen LogP contribution < -0.4 is 15.5 Å². The monoisotopic (exact) mass is 482 g/mol. The van der Waals surface area contributed by atoms with Gasteiger partial charge in [-0.05, 0) is 74.2 Å². The van der Waals surface area contributed by atoms with Gasteiger partial charge in [0.25, 0.3) is 5.91 Å². The molecule has 0 aromatic heterocycles. The van der Waals surface area contributed by atoms with Gasteiger partial charge in [0, 0.05) is 29.5 Å². The van der Waals surface area contributed by atoms with Crippen LogP contribution in [0.1, 0.15) is 31.4 Å². The second-order valence-electron chi connectivity index (χ2n) is 9.74. The molecule has 36 heavy (non-hydrogen) atoms. The number of anilines is 3. The molecule has 0 radical (unpaired) electrons. The maximum Gasteiger partial charge on any atom is 0.325 e. The summed E-state index contributed by atoms with van der Waals surface area (Å²) in [7, 11) is 0. The fourth-order valence-corrected chi connectivity index (χ4v) is 5.18. The standard InChI is InChI=1S/C29H30N4O3/c1-20(2)33(25-14-12-24(13-15-25)30-23-10-4-3-5-11-23)26(34)19-32-27(35)29(31-28(32)36)17-16-21-8-6-7-9-22(21)18-29/h3-15,20,30H,16-19H2,1-2H3,(H,31,36). The third-order valence-electron chi connectivity index (χ3n) is 6.96. The first-order valence-electron chi connectivity index (χ1n) is 12.3. The van der Waals surface area contributed by atoms with E-state index < -0.39 is 11.6 Å². The van der Waals surface area contributed by atoms with Gasteiger partial charge in [-0.2, -0.15) is 0 Å². The predicted octanol–water partition coefficient (Wildman–Crippen LogP) is 4.65. The quantitative estimate of drug-likeness (QED) is 0.501. The van der Waals surface area contributed by atoms with Gasteiger partial charge in [-0.25, -0.2) is 4.79 Å². The molecule has 3 aromatic rings. The van der Waals surface area contributed by atoms with Gasteiger partial charge in [0.1, 0.15) is 12.1 Å². The van der Waals surface area contributed by atoms with Crippen LogP contribution in [-0.2, 0) is 22.4 Å². The first kappa shape index (κ1) is 23.6. The Morgan fingerprint density at radius 2 is 1.58 bits per heavy atom. The molecule has 1 saturated heterocycles. The summed E-state index contributed by atoms with van der Waals surface area (Å²) in [5, 5.41) is 6.24. The smallest absolute Gasteiger partial charge is 0.325 e. The Labute approximate surface area is 211 Å². The summed E-state index contributed by atoms with van der Waals surface area (Å²) in [6, 6.07) is 24.7. The molecule has 3 aromatic carbocycles. The molecule has 1 aliphatic heterocycles. The molecule has 7 nitrogen and oxygen atoms in total. The van der Waals surface area contributed by atoms with Gasteiger partial charge in [-0.1, -0.05) is 42.5 Å². The third-order valence-corrected chi connectivity index (χ3v) is 6.96. The fraction of sp³-hybridized carbons (Fsp3) is 0.276. The fourth-order valence-electron chi connectivity index (χ4n) is 5.18. The number of urea groups is 1. The summed E-state index contributed by atoms with van der Waals surface area (Å²) in [5.74, 6) is -0.619. The van der Waals surface area contributed by atoms with Crippen LogP contribution in [0.5, 0.6) is 0 Å². The van der Waals surface area contributed by atoms with E-state index in [9.17, 15) is 14.4 Å². The molecule has 1 unspecified atom stereocenters. The van der Waals surface area contributed by atoms with Crippen molar-refractivity contribution in [2.75, 3.05) is 16.8 Å². The number of imide groups is 1. The second-order valence-corrected chi connectivity index (χ2v) is 9.74. The largest absolute Gasteiger partial charge is 0.356 e. The zero-order valence-corrected chi connectivity index (χ0v) is 20.5. The number of aryl methyl sites for hydroxylation is 1. The number of carbonyl (C=O) groups excluding carboxylic acids is 3. The molecule has 5 rings (SSSR count). The van der Waals surface area contributed by atoms with Gasteiger partial charge in [-0.3, -0.25) is 14.5 Å². The molecule has 184 valence electrons. The lowest BCUT2D eigenvalue weighted by Crippen LogP contribution is -2.52. The van der Waals surface area contributed by atoms with Crippen LogP contribution in [0.3, 0.4) is 0 Å². The van der Waals surface area contributed by atoms with Crippen molar-refractivity contribution in [3.63, 3.8) is 0 Å². The van der Waals surface area contributed by atoms with Crippen molar-refractivity contribution < 1.29 is 14.4 Å². The number of para-hydroxylation sites is 1. The molecule has 0 bridgehead atoms. The summed E-state index contributed by atoms with van der Waals surface area (Å²) in [5.41, 5.74) is 3.88. The normalized spacial score (nSPS) is 18.8. The first-order valence-corrected chi connectivity index (χ1v) is 12.3. The van der Waals surface area contributed by atoms with Crippen molar-refractivity contribution in [1.29, 1.82) is 0 Å². The van der Waals surface area contributed by atoms with Crippen LogP contribution in [0.4, 0.5) is 21.9 Å². The molecular weight excluding hydrogens is 452 g/mol. The lowest BCUT2D eigenvalue weighted by atomic mass is 9.78. The number of nitrogens with zero attached hydrogens (tertiary/aromatic N) is 2. The highest BCUT2D eigenvalue weighted by Crippen LogP contribution is 2.34. The Bertz CT molecular complexity index is 1290. The van der Waals surface area contributed by atoms with Gasteiger partial charge >= 0.3 is 6.03 Å². The van der Waals surface area contributed by atoms with Crippen LogP contribution in [0.15, 0.2) is 78.9 Å². The topological polar surface area (TPSA) is 81.8 Å². The minimum absolute atomic E-state index is 0.151. The minimum atomic E-state index is -0.973. The zero-order valence-electron chi connectivity index (χ0n) is 20.5. The first-order chi connectivity index (χ1) is 17.4. The van der Waals surface area contributed by atoms with Crippen molar-refractivity contribution in [3.05, 3.63) is 90.0 Å². The Morgan fingerprint density at radius 1 is 0.944 bits per heavy atom. The van der Waals surface area contributed by atoms with Gasteiger partial charge in [0.15, 0.2) is 0 Å². The number of nitrogens with one attached hydrogen (secondary N) is 2. The molecule has 1 aliphatic carbocycles. The van der Waals surface area contributed by atoms with E-state index in [0.29, 0.717) is 24.9 Å². The predicted molar refractivity (Wildman–Crippen MR) is 140 cm³/mol. The maximum absolute atomic E-state index is 13.4. The summed E-state index contributed by atoms with van der Waals surface area (Å²) in [6.45, 7) is 3.54. The van der Waals surface area contributed by atoms with Crippen molar-refractivity contribution >= 4 is 34.9 Å². The number of hydrogen-bond donors (Lipinski definition) is 2. The van der Waals surface area contributed by atoms with Crippen LogP contribution in [0, 0.1) is 0 Å². The van der Waals surface area contributed by atoms with Crippen molar-refractivity contribution in [1.82, 2.24) is 10.2 Å². The zero-order chi connectivity index (χ0) is 25.3. The van der Waals surface area contributed by atoms with Crippen molar-refractivity contribution in [3.8, 4) is 0 Å². The van der Waals surface area contributed by atoms with Crippen LogP contribution in [0.25, 0.3) is 0 Å². The summed E-state index contributed by atoms with van der Waals surface area (Å²) < 4.78 is 0. The van der Waals surface area contributed by atoms with Gasteiger partial charge in [0.05, 0.1) is 0 Å². The lowest BCUT2D eigenvalue weighted by Gasteiger charge is -2.32. The molecule has 7 heteroatoms. The van der Waals surface area contributed by atoms with Crippen LogP contribution >= 0.6 is 0 Å². The Morgan fingerprint density at radius 3 is 2.28 bits per heavy atom. The van der Waals surface area contributed by atoms with Crippen molar-refractivity contribution in [2.24, 2.45) is 0 Å². The van der Waals surface area contributed by atoms with Crippen LogP contribution in [0.2, 0.25) is 0 Å². The van der Waals surface area contributed by atoms with E-state index in [4.69, 9.17) is 0 Å². The molecule has 2 N–H and O–H groups in total. The summed E-state index contributed by atoms with van der Waals surface area (Å²) in [6.07, 6.45) is 1.69. The minimum Gasteiger partial charge on any atom is -0.356 e. The van der Waals surface area contributed by atoms with E-state index in [1.165, 1.54) is 5.56 Å². The average Bonchev–Trinajstić information content (AvgIpc) is 3.09. The lowest BCUT2D eigenvalue weighted by molar-refractivity contribution is -0.134. The van der Waals surface area contributed by atoms with Crippen LogP contribution in [-0.4, -0.2) is 40.9 Å². The van der Waals surface area contributed by atoms with E-state index in [1.807, 2.05) is 86.6 Å². The van der Waals surface area contributed by atoms with Gasteiger partial charge in [0.2, 0.25) is 5.91 Å². The highest BCUT2D eigenvalue weighted by Gasteiger charge is 2.52. The Balaban J connectivity index is 1.30. The number of benzene rings is 3. The number of rotatable bonds is 6. The maximum atomic E-state index is 13.4. The molecule has 1 atom stereocenters. The van der Waals surface area contributed by atoms with E-state index in [1.54, 1.807) is 4.90 Å². The molecule has 0 saturated carbocycles.